The monoisotopic (exact) mass is 274 g/mol. The van der Waals surface area contributed by atoms with Crippen LogP contribution in [0.3, 0.4) is 0 Å². The minimum atomic E-state index is 0.956. The lowest BCUT2D eigenvalue weighted by atomic mass is 10.2. The van der Waals surface area contributed by atoms with Gasteiger partial charge in [-0.05, 0) is 23.6 Å². The Morgan fingerprint density at radius 1 is 1.11 bits per heavy atom. The topological polar surface area (TPSA) is 15.3 Å². The lowest BCUT2D eigenvalue weighted by Crippen LogP contribution is -2.31. The van der Waals surface area contributed by atoms with Gasteiger partial charge in [-0.15, -0.1) is 11.3 Å². The summed E-state index contributed by atoms with van der Waals surface area (Å²) in [5.74, 6) is 0. The summed E-state index contributed by atoms with van der Waals surface area (Å²) in [6.45, 7) is 7.49. The Morgan fingerprint density at radius 3 is 2.63 bits per heavy atom. The SMILES string of the molecule is CCN(CCNCc1ccccc1)Cc1cccs1. The molecule has 0 fully saturated rings. The third kappa shape index (κ3) is 5.15. The molecule has 2 nitrogen and oxygen atoms in total. The molecule has 0 radical (unpaired) electrons. The molecule has 0 atom stereocenters. The number of hydrogen-bond donors (Lipinski definition) is 1. The Hall–Kier alpha value is -1.16. The number of thiophene rings is 1. The zero-order valence-electron chi connectivity index (χ0n) is 11.5. The molecule has 1 heterocycles. The average Bonchev–Trinajstić information content (AvgIpc) is 2.96. The molecule has 1 aromatic carbocycles. The van der Waals surface area contributed by atoms with E-state index in [1.165, 1.54) is 10.4 Å². The van der Waals surface area contributed by atoms with Crippen molar-refractivity contribution >= 4 is 11.3 Å². The van der Waals surface area contributed by atoms with Crippen LogP contribution in [0.15, 0.2) is 47.8 Å². The number of nitrogens with one attached hydrogen (secondary N) is 1. The van der Waals surface area contributed by atoms with Crippen molar-refractivity contribution in [1.82, 2.24) is 10.2 Å². The van der Waals surface area contributed by atoms with E-state index in [9.17, 15) is 0 Å². The molecule has 0 spiro atoms. The molecule has 19 heavy (non-hydrogen) atoms. The molecule has 102 valence electrons. The highest BCUT2D eigenvalue weighted by Crippen LogP contribution is 2.11. The lowest BCUT2D eigenvalue weighted by Gasteiger charge is -2.19. The smallest absolute Gasteiger partial charge is 0.0328 e. The molecule has 1 N–H and O–H groups in total. The first-order valence-electron chi connectivity index (χ1n) is 6.88. The van der Waals surface area contributed by atoms with E-state index in [0.717, 1.165) is 32.7 Å². The second-order valence-electron chi connectivity index (χ2n) is 4.61. The molecule has 0 aliphatic rings. The van der Waals surface area contributed by atoms with Gasteiger partial charge in [-0.3, -0.25) is 4.90 Å². The molecule has 0 saturated heterocycles. The van der Waals surface area contributed by atoms with Crippen molar-refractivity contribution in [3.05, 3.63) is 58.3 Å². The Balaban J connectivity index is 1.66. The molecule has 0 aliphatic carbocycles. The van der Waals surface area contributed by atoms with Gasteiger partial charge in [0.15, 0.2) is 0 Å². The number of hydrogen-bond acceptors (Lipinski definition) is 3. The highest BCUT2D eigenvalue weighted by Gasteiger charge is 2.03. The number of rotatable bonds is 8. The zero-order valence-corrected chi connectivity index (χ0v) is 12.3. The van der Waals surface area contributed by atoms with Crippen LogP contribution in [-0.4, -0.2) is 24.5 Å². The highest BCUT2D eigenvalue weighted by molar-refractivity contribution is 7.09. The maximum atomic E-state index is 3.51. The van der Waals surface area contributed by atoms with Crippen molar-refractivity contribution in [3.63, 3.8) is 0 Å². The van der Waals surface area contributed by atoms with Gasteiger partial charge in [-0.1, -0.05) is 43.3 Å². The minimum Gasteiger partial charge on any atom is -0.311 e. The van der Waals surface area contributed by atoms with Crippen LogP contribution in [0.5, 0.6) is 0 Å². The van der Waals surface area contributed by atoms with Crippen LogP contribution in [0.25, 0.3) is 0 Å². The fraction of sp³-hybridized carbons (Fsp3) is 0.375. The van der Waals surface area contributed by atoms with Crippen molar-refractivity contribution in [2.75, 3.05) is 19.6 Å². The quantitative estimate of drug-likeness (QED) is 0.743. The predicted molar refractivity (Wildman–Crippen MR) is 83.4 cm³/mol. The van der Waals surface area contributed by atoms with Crippen molar-refractivity contribution < 1.29 is 0 Å². The zero-order chi connectivity index (χ0) is 13.3. The Labute approximate surface area is 120 Å². The largest absolute Gasteiger partial charge is 0.311 e. The first-order valence-corrected chi connectivity index (χ1v) is 7.76. The van der Waals surface area contributed by atoms with E-state index in [-0.39, 0.29) is 0 Å². The van der Waals surface area contributed by atoms with Gasteiger partial charge in [0.05, 0.1) is 0 Å². The van der Waals surface area contributed by atoms with Gasteiger partial charge in [-0.25, -0.2) is 0 Å². The van der Waals surface area contributed by atoms with E-state index in [2.05, 4.69) is 65.0 Å². The van der Waals surface area contributed by atoms with Crippen molar-refractivity contribution in [1.29, 1.82) is 0 Å². The van der Waals surface area contributed by atoms with Gasteiger partial charge in [-0.2, -0.15) is 0 Å². The van der Waals surface area contributed by atoms with Gasteiger partial charge < -0.3 is 5.32 Å². The van der Waals surface area contributed by atoms with Gasteiger partial charge in [0, 0.05) is 31.1 Å². The summed E-state index contributed by atoms with van der Waals surface area (Å²) in [7, 11) is 0. The molecule has 0 aliphatic heterocycles. The summed E-state index contributed by atoms with van der Waals surface area (Å²) < 4.78 is 0. The highest BCUT2D eigenvalue weighted by atomic mass is 32.1. The summed E-state index contributed by atoms with van der Waals surface area (Å²) in [5, 5.41) is 5.66. The van der Waals surface area contributed by atoms with Crippen LogP contribution in [0, 0.1) is 0 Å². The van der Waals surface area contributed by atoms with Gasteiger partial charge >= 0.3 is 0 Å². The van der Waals surface area contributed by atoms with E-state index in [1.54, 1.807) is 0 Å². The first kappa shape index (κ1) is 14.3. The maximum absolute atomic E-state index is 3.51. The van der Waals surface area contributed by atoms with Crippen LogP contribution < -0.4 is 5.32 Å². The molecule has 0 unspecified atom stereocenters. The average molecular weight is 274 g/mol. The summed E-state index contributed by atoms with van der Waals surface area (Å²) >= 11 is 1.84. The second kappa shape index (κ2) is 8.10. The lowest BCUT2D eigenvalue weighted by molar-refractivity contribution is 0.281. The van der Waals surface area contributed by atoms with Crippen molar-refractivity contribution in [3.8, 4) is 0 Å². The standard InChI is InChI=1S/C16H22N2S/c1-2-18(14-16-9-6-12-19-16)11-10-17-13-15-7-4-3-5-8-15/h3-9,12,17H,2,10-11,13-14H2,1H3. The Kier molecular flexibility index (Phi) is 6.08. The molecule has 2 rings (SSSR count). The van der Waals surface area contributed by atoms with Gasteiger partial charge in [0.2, 0.25) is 0 Å². The Bertz CT molecular complexity index is 439. The molecule has 3 heteroatoms. The summed E-state index contributed by atoms with van der Waals surface area (Å²) in [6.07, 6.45) is 0. The van der Waals surface area contributed by atoms with E-state index >= 15 is 0 Å². The number of nitrogens with zero attached hydrogens (tertiary/aromatic N) is 1. The molecular weight excluding hydrogens is 252 g/mol. The molecule has 0 amide bonds. The Morgan fingerprint density at radius 2 is 1.95 bits per heavy atom. The van der Waals surface area contributed by atoms with Gasteiger partial charge in [0.25, 0.3) is 0 Å². The maximum Gasteiger partial charge on any atom is 0.0328 e. The van der Waals surface area contributed by atoms with Crippen LogP contribution in [-0.2, 0) is 13.1 Å². The molecular formula is C16H22N2S. The van der Waals surface area contributed by atoms with Crippen LogP contribution >= 0.6 is 11.3 Å². The van der Waals surface area contributed by atoms with Gasteiger partial charge in [0.1, 0.15) is 0 Å². The van der Waals surface area contributed by atoms with E-state index in [4.69, 9.17) is 0 Å². The molecule has 0 saturated carbocycles. The van der Waals surface area contributed by atoms with Crippen LogP contribution in [0.2, 0.25) is 0 Å². The van der Waals surface area contributed by atoms with E-state index < -0.39 is 0 Å². The fourth-order valence-electron chi connectivity index (χ4n) is 2.04. The first-order chi connectivity index (χ1) is 9.38. The summed E-state index contributed by atoms with van der Waals surface area (Å²) in [6, 6.07) is 14.9. The third-order valence-electron chi connectivity index (χ3n) is 3.18. The van der Waals surface area contributed by atoms with E-state index in [1.807, 2.05) is 11.3 Å². The number of likely N-dealkylation sites (N-methyl/N-ethyl adjacent to an activating group) is 1. The normalized spacial score (nSPS) is 11.1. The number of benzene rings is 1. The molecule has 1 aromatic heterocycles. The molecule has 0 bridgehead atoms. The molecule has 2 aromatic rings. The van der Waals surface area contributed by atoms with E-state index in [0.29, 0.717) is 0 Å². The summed E-state index contributed by atoms with van der Waals surface area (Å²) in [4.78, 5) is 3.93. The third-order valence-corrected chi connectivity index (χ3v) is 4.04. The van der Waals surface area contributed by atoms with Crippen LogP contribution in [0.1, 0.15) is 17.4 Å². The van der Waals surface area contributed by atoms with Crippen molar-refractivity contribution in [2.45, 2.75) is 20.0 Å². The predicted octanol–water partition coefficient (Wildman–Crippen LogP) is 3.36. The second-order valence-corrected chi connectivity index (χ2v) is 5.64. The summed E-state index contributed by atoms with van der Waals surface area (Å²) in [5.41, 5.74) is 1.35. The van der Waals surface area contributed by atoms with Crippen LogP contribution in [0.4, 0.5) is 0 Å². The minimum absolute atomic E-state index is 0.956. The fourth-order valence-corrected chi connectivity index (χ4v) is 2.78. The van der Waals surface area contributed by atoms with Crippen molar-refractivity contribution in [2.24, 2.45) is 0 Å².